The van der Waals surface area contributed by atoms with Crippen molar-refractivity contribution in [2.75, 3.05) is 6.61 Å². The smallest absolute Gasteiger partial charge is 0.337 e. The molecule has 3 aromatic rings. The molecule has 32 heavy (non-hydrogen) atoms. The van der Waals surface area contributed by atoms with E-state index in [-0.39, 0.29) is 5.41 Å². The molecule has 0 radical (unpaired) electrons. The van der Waals surface area contributed by atoms with Crippen LogP contribution in [0, 0.1) is 12.3 Å². The van der Waals surface area contributed by atoms with Crippen LogP contribution in [0.1, 0.15) is 57.5 Å². The maximum Gasteiger partial charge on any atom is 0.337 e. The first-order valence-corrected chi connectivity index (χ1v) is 11.0. The molecule has 1 aliphatic heterocycles. The highest BCUT2D eigenvalue weighted by molar-refractivity contribution is 5.98. The normalized spacial score (nSPS) is 16.3. The van der Waals surface area contributed by atoms with E-state index < -0.39 is 17.7 Å². The van der Waals surface area contributed by atoms with E-state index in [1.807, 2.05) is 64.1 Å². The number of carboxylic acids is 1. The number of para-hydroxylation sites is 1. The molecule has 2 heterocycles. The van der Waals surface area contributed by atoms with Crippen molar-refractivity contribution in [3.05, 3.63) is 59.3 Å². The third kappa shape index (κ3) is 4.35. The third-order valence-electron chi connectivity index (χ3n) is 5.72. The molecule has 0 spiro atoms. The molecule has 4 rings (SSSR count). The van der Waals surface area contributed by atoms with E-state index in [1.165, 1.54) is 0 Å². The fourth-order valence-electron chi connectivity index (χ4n) is 4.42. The number of hydrogen-bond acceptors (Lipinski definition) is 4. The lowest BCUT2D eigenvalue weighted by atomic mass is 9.82. The first kappa shape index (κ1) is 22.3. The van der Waals surface area contributed by atoms with Crippen molar-refractivity contribution in [3.63, 3.8) is 0 Å². The Bertz CT molecular complexity index is 1190. The minimum atomic E-state index is -1.13. The maximum atomic E-state index is 12.4. The Labute approximate surface area is 189 Å². The van der Waals surface area contributed by atoms with Gasteiger partial charge in [0.1, 0.15) is 5.75 Å². The first-order chi connectivity index (χ1) is 15.0. The van der Waals surface area contributed by atoms with Gasteiger partial charge in [0.15, 0.2) is 6.10 Å². The molecule has 1 N–H and O–H groups in total. The van der Waals surface area contributed by atoms with E-state index in [9.17, 15) is 9.90 Å². The lowest BCUT2D eigenvalue weighted by Gasteiger charge is -2.32. The molecular formula is C27H31NO4. The second-order valence-corrected chi connectivity index (χ2v) is 10.4. The summed E-state index contributed by atoms with van der Waals surface area (Å²) in [6.07, 6.45) is -0.236. The molecule has 0 aliphatic carbocycles. The lowest BCUT2D eigenvalue weighted by Crippen LogP contribution is -2.29. The zero-order valence-corrected chi connectivity index (χ0v) is 19.7. The molecule has 1 aromatic heterocycles. The maximum absolute atomic E-state index is 12.4. The number of fused-ring (bicyclic) bond motifs is 2. The number of nitrogens with zero attached hydrogens (tertiary/aromatic N) is 1. The predicted octanol–water partition coefficient (Wildman–Crippen LogP) is 6.11. The highest BCUT2D eigenvalue weighted by atomic mass is 16.5. The first-order valence-electron chi connectivity index (χ1n) is 11.0. The molecule has 0 amide bonds. The SMILES string of the molecule is Cc1nc2ccccc2c(-c2ccc3c(c2)CC(C)(C)CO3)c1[C@H](OC(C)(C)C)C(=O)O. The quantitative estimate of drug-likeness (QED) is 0.537. The number of carboxylic acid groups (broad SMARTS) is 1. The van der Waals surface area contributed by atoms with Crippen LogP contribution in [-0.2, 0) is 16.0 Å². The van der Waals surface area contributed by atoms with Gasteiger partial charge in [0.25, 0.3) is 0 Å². The fourth-order valence-corrected chi connectivity index (χ4v) is 4.42. The van der Waals surface area contributed by atoms with Gasteiger partial charge in [-0.05, 0) is 69.0 Å². The van der Waals surface area contributed by atoms with Crippen LogP contribution >= 0.6 is 0 Å². The molecule has 0 saturated carbocycles. The predicted molar refractivity (Wildman–Crippen MR) is 126 cm³/mol. The highest BCUT2D eigenvalue weighted by Gasteiger charge is 2.33. The zero-order valence-electron chi connectivity index (χ0n) is 19.7. The third-order valence-corrected chi connectivity index (χ3v) is 5.72. The Morgan fingerprint density at radius 3 is 2.59 bits per heavy atom. The standard InChI is InChI=1S/C27H31NO4/c1-16-22(24(25(29)30)32-26(2,3)4)23(19-9-7-8-10-20(19)28-16)17-11-12-21-18(13-17)14-27(5,6)15-31-21/h7-13,24H,14-15H2,1-6H3,(H,29,30)/t24-/m0/s1. The Hall–Kier alpha value is -2.92. The topological polar surface area (TPSA) is 68.7 Å². The Morgan fingerprint density at radius 2 is 1.91 bits per heavy atom. The molecule has 1 aliphatic rings. The number of rotatable bonds is 4. The summed E-state index contributed by atoms with van der Waals surface area (Å²) < 4.78 is 12.1. The largest absolute Gasteiger partial charge is 0.493 e. The van der Waals surface area contributed by atoms with Crippen LogP contribution in [-0.4, -0.2) is 28.3 Å². The van der Waals surface area contributed by atoms with Crippen LogP contribution in [0.4, 0.5) is 0 Å². The van der Waals surface area contributed by atoms with Gasteiger partial charge < -0.3 is 14.6 Å². The van der Waals surface area contributed by atoms with Crippen molar-refractivity contribution in [1.82, 2.24) is 4.98 Å². The van der Waals surface area contributed by atoms with Gasteiger partial charge in [-0.15, -0.1) is 0 Å². The molecule has 5 heteroatoms. The van der Waals surface area contributed by atoms with E-state index in [0.29, 0.717) is 17.9 Å². The van der Waals surface area contributed by atoms with E-state index in [4.69, 9.17) is 14.5 Å². The number of carbonyl (C=O) groups is 1. The van der Waals surface area contributed by atoms with Gasteiger partial charge in [-0.2, -0.15) is 0 Å². The van der Waals surface area contributed by atoms with Crippen molar-refractivity contribution in [2.24, 2.45) is 5.41 Å². The minimum absolute atomic E-state index is 0.0453. The number of aryl methyl sites for hydroxylation is 1. The summed E-state index contributed by atoms with van der Waals surface area (Å²) in [6.45, 7) is 12.5. The van der Waals surface area contributed by atoms with Crippen molar-refractivity contribution >= 4 is 16.9 Å². The summed E-state index contributed by atoms with van der Waals surface area (Å²) in [5.41, 5.74) is 4.44. The monoisotopic (exact) mass is 433 g/mol. The fraction of sp³-hybridized carbons (Fsp3) is 0.407. The molecule has 0 unspecified atom stereocenters. The van der Waals surface area contributed by atoms with Crippen LogP contribution in [0.2, 0.25) is 0 Å². The van der Waals surface area contributed by atoms with Crippen LogP contribution in [0.15, 0.2) is 42.5 Å². The summed E-state index contributed by atoms with van der Waals surface area (Å²) in [6, 6.07) is 14.0. The van der Waals surface area contributed by atoms with Gasteiger partial charge in [-0.25, -0.2) is 4.79 Å². The van der Waals surface area contributed by atoms with Crippen molar-refractivity contribution in [2.45, 2.75) is 59.7 Å². The van der Waals surface area contributed by atoms with Gasteiger partial charge in [0.2, 0.25) is 0 Å². The van der Waals surface area contributed by atoms with E-state index in [0.717, 1.165) is 39.8 Å². The lowest BCUT2D eigenvalue weighted by molar-refractivity contribution is -0.160. The molecule has 2 aromatic carbocycles. The molecule has 1 atom stereocenters. The number of ether oxygens (including phenoxy) is 2. The Morgan fingerprint density at radius 1 is 1.19 bits per heavy atom. The number of hydrogen-bond donors (Lipinski definition) is 1. The Kier molecular flexibility index (Phi) is 5.49. The Balaban J connectivity index is 2.00. The van der Waals surface area contributed by atoms with Crippen molar-refractivity contribution in [1.29, 1.82) is 0 Å². The molecule has 0 bridgehead atoms. The van der Waals surface area contributed by atoms with Gasteiger partial charge >= 0.3 is 5.97 Å². The highest BCUT2D eigenvalue weighted by Crippen LogP contribution is 2.42. The average Bonchev–Trinajstić information content (AvgIpc) is 2.69. The number of aliphatic carboxylic acids is 1. The number of aromatic nitrogens is 1. The molecular weight excluding hydrogens is 402 g/mol. The second-order valence-electron chi connectivity index (χ2n) is 10.4. The molecule has 5 nitrogen and oxygen atoms in total. The van der Waals surface area contributed by atoms with Crippen LogP contribution in [0.25, 0.3) is 22.0 Å². The van der Waals surface area contributed by atoms with Crippen molar-refractivity contribution in [3.8, 4) is 16.9 Å². The van der Waals surface area contributed by atoms with Crippen LogP contribution in [0.3, 0.4) is 0 Å². The van der Waals surface area contributed by atoms with E-state index in [1.54, 1.807) is 0 Å². The summed E-state index contributed by atoms with van der Waals surface area (Å²) in [5, 5.41) is 11.1. The summed E-state index contributed by atoms with van der Waals surface area (Å²) in [7, 11) is 0. The van der Waals surface area contributed by atoms with Crippen LogP contribution in [0.5, 0.6) is 5.75 Å². The number of benzene rings is 2. The number of pyridine rings is 1. The zero-order chi connectivity index (χ0) is 23.3. The molecule has 0 fully saturated rings. The summed E-state index contributed by atoms with van der Waals surface area (Å²) in [5.74, 6) is -0.130. The summed E-state index contributed by atoms with van der Waals surface area (Å²) >= 11 is 0. The summed E-state index contributed by atoms with van der Waals surface area (Å²) in [4.78, 5) is 17.1. The van der Waals surface area contributed by atoms with E-state index >= 15 is 0 Å². The van der Waals surface area contributed by atoms with Crippen molar-refractivity contribution < 1.29 is 19.4 Å². The average molecular weight is 434 g/mol. The second kappa shape index (κ2) is 7.89. The van der Waals surface area contributed by atoms with Gasteiger partial charge in [0.05, 0.1) is 17.7 Å². The molecule has 168 valence electrons. The van der Waals surface area contributed by atoms with Gasteiger partial charge in [0, 0.05) is 22.1 Å². The van der Waals surface area contributed by atoms with Gasteiger partial charge in [-0.1, -0.05) is 38.1 Å². The minimum Gasteiger partial charge on any atom is -0.493 e. The van der Waals surface area contributed by atoms with Crippen LogP contribution < -0.4 is 4.74 Å². The molecule has 0 saturated heterocycles. The van der Waals surface area contributed by atoms with Gasteiger partial charge in [-0.3, -0.25) is 4.98 Å². The van der Waals surface area contributed by atoms with E-state index in [2.05, 4.69) is 19.9 Å².